The number of hydrogen-bond acceptors (Lipinski definition) is 11. The molecule has 15 nitrogen and oxygen atoms in total. The maximum absolute atomic E-state index is 14.7. The molecule has 64 heavy (non-hydrogen) atoms. The number of aromatic nitrogens is 4. The van der Waals surface area contributed by atoms with Gasteiger partial charge in [0, 0.05) is 81.9 Å². The fourth-order valence-corrected chi connectivity index (χ4v) is 8.94. The quantitative estimate of drug-likeness (QED) is 0.133. The number of nitrogens with one attached hydrogen (secondary N) is 3. The number of aryl methyl sites for hydroxylation is 2. The third-order valence-electron chi connectivity index (χ3n) is 12.2. The second kappa shape index (κ2) is 20.4. The summed E-state index contributed by atoms with van der Waals surface area (Å²) in [4.78, 5) is 55.2. The summed E-state index contributed by atoms with van der Waals surface area (Å²) in [5.41, 5.74) is 7.08. The number of pyridine rings is 1. The van der Waals surface area contributed by atoms with Crippen LogP contribution in [0.4, 0.5) is 4.39 Å². The molecule has 1 saturated carbocycles. The van der Waals surface area contributed by atoms with Gasteiger partial charge in [0.1, 0.15) is 22.7 Å². The lowest BCUT2D eigenvalue weighted by molar-refractivity contribution is -0.123. The summed E-state index contributed by atoms with van der Waals surface area (Å²) in [5.74, 6) is -0.803. The number of fused-ring (bicyclic) bond motifs is 1. The van der Waals surface area contributed by atoms with Crippen LogP contribution in [-0.4, -0.2) is 129 Å². The standard InChI is InChI=1S/C48H59FN10O5/c1-31(2)52-44(60)30-57-16-14-56(15-17-57)28-34-8-13-41(36(23-34)29-58-18-20-63-21-19-58)35-6-5-7-40(24-35)64-48-42(25-37(49)26-50-48)46(61)54-38-9-11-39(12-10-38)55-47(62)43-27-51-59-33(4)22-32(3)53-45(43)59/h5-8,13,22-27,31,38-39H,9-12,14-21,28-30H2,1-4H3,(H,52,60)(H,54,61)(H,55,62)/t38-,39+. The van der Waals surface area contributed by atoms with E-state index >= 15 is 0 Å². The highest BCUT2D eigenvalue weighted by molar-refractivity contribution is 6.00. The molecule has 2 saturated heterocycles. The van der Waals surface area contributed by atoms with Crippen LogP contribution in [0.1, 0.15) is 82.8 Å². The van der Waals surface area contributed by atoms with Crippen LogP contribution in [0.2, 0.25) is 0 Å². The first-order chi connectivity index (χ1) is 30.9. The first kappa shape index (κ1) is 44.8. The molecule has 338 valence electrons. The smallest absolute Gasteiger partial charge is 0.257 e. The molecular weight excluding hydrogens is 816 g/mol. The van der Waals surface area contributed by atoms with Crippen LogP contribution < -0.4 is 20.7 Å². The normalized spacial score (nSPS) is 18.8. The maximum atomic E-state index is 14.7. The molecule has 5 heterocycles. The fraction of sp³-hybridized carbons (Fsp3) is 0.458. The molecule has 3 N–H and O–H groups in total. The molecule has 0 atom stereocenters. The molecule has 16 heteroatoms. The van der Waals surface area contributed by atoms with Crippen molar-refractivity contribution in [3.05, 3.63) is 106 Å². The minimum absolute atomic E-state index is 0.00372. The van der Waals surface area contributed by atoms with Gasteiger partial charge >= 0.3 is 0 Å². The number of carbonyl (C=O) groups excluding carboxylic acids is 3. The average Bonchev–Trinajstić information content (AvgIpc) is 3.70. The number of hydrogen-bond donors (Lipinski definition) is 3. The molecule has 3 fully saturated rings. The number of amides is 3. The zero-order chi connectivity index (χ0) is 44.7. The van der Waals surface area contributed by atoms with Crippen molar-refractivity contribution in [3.63, 3.8) is 0 Å². The molecule has 2 aliphatic heterocycles. The van der Waals surface area contributed by atoms with Crippen LogP contribution in [0.25, 0.3) is 16.8 Å². The fourth-order valence-electron chi connectivity index (χ4n) is 8.94. The second-order valence-corrected chi connectivity index (χ2v) is 17.6. The van der Waals surface area contributed by atoms with Gasteiger partial charge in [0.05, 0.1) is 32.2 Å². The first-order valence-electron chi connectivity index (χ1n) is 22.5. The Morgan fingerprint density at radius 2 is 1.50 bits per heavy atom. The van der Waals surface area contributed by atoms with E-state index in [1.54, 1.807) is 16.8 Å². The molecule has 0 spiro atoms. The van der Waals surface area contributed by atoms with Crippen LogP contribution in [-0.2, 0) is 22.6 Å². The lowest BCUT2D eigenvalue weighted by atomic mass is 9.91. The van der Waals surface area contributed by atoms with Crippen molar-refractivity contribution in [1.29, 1.82) is 0 Å². The Balaban J connectivity index is 0.910. The third-order valence-corrected chi connectivity index (χ3v) is 12.2. The lowest BCUT2D eigenvalue weighted by Gasteiger charge is -2.34. The van der Waals surface area contributed by atoms with E-state index in [1.807, 2.05) is 52.0 Å². The van der Waals surface area contributed by atoms with E-state index in [1.165, 1.54) is 11.1 Å². The first-order valence-corrected chi connectivity index (χ1v) is 22.5. The molecule has 8 rings (SSSR count). The Kier molecular flexibility index (Phi) is 14.2. The van der Waals surface area contributed by atoms with E-state index < -0.39 is 11.7 Å². The third kappa shape index (κ3) is 11.3. The van der Waals surface area contributed by atoms with Crippen LogP contribution in [0.3, 0.4) is 0 Å². The number of morpholine rings is 1. The van der Waals surface area contributed by atoms with Crippen molar-refractivity contribution in [3.8, 4) is 22.8 Å². The zero-order valence-electron chi connectivity index (χ0n) is 37.2. The highest BCUT2D eigenvalue weighted by Gasteiger charge is 2.28. The molecule has 3 aliphatic rings. The molecule has 3 aromatic heterocycles. The summed E-state index contributed by atoms with van der Waals surface area (Å²) < 4.78 is 28.3. The average molecular weight is 875 g/mol. The van der Waals surface area contributed by atoms with Crippen molar-refractivity contribution in [2.45, 2.75) is 84.6 Å². The Hall–Kier alpha value is -5.81. The number of carbonyl (C=O) groups is 3. The van der Waals surface area contributed by atoms with Crippen LogP contribution in [0.5, 0.6) is 11.6 Å². The molecule has 1 aliphatic carbocycles. The minimum Gasteiger partial charge on any atom is -0.438 e. The van der Waals surface area contributed by atoms with Gasteiger partial charge in [0.2, 0.25) is 11.8 Å². The van der Waals surface area contributed by atoms with E-state index in [4.69, 9.17) is 9.47 Å². The molecule has 2 aromatic carbocycles. The Morgan fingerprint density at radius 1 is 0.812 bits per heavy atom. The van der Waals surface area contributed by atoms with Crippen molar-refractivity contribution >= 4 is 23.4 Å². The summed E-state index contributed by atoms with van der Waals surface area (Å²) in [6.07, 6.45) is 5.17. The number of ether oxygens (including phenoxy) is 2. The maximum Gasteiger partial charge on any atom is 0.257 e. The molecule has 0 bridgehead atoms. The largest absolute Gasteiger partial charge is 0.438 e. The van der Waals surface area contributed by atoms with Gasteiger partial charge in [-0.25, -0.2) is 18.9 Å². The van der Waals surface area contributed by atoms with Gasteiger partial charge in [-0.2, -0.15) is 5.10 Å². The predicted octanol–water partition coefficient (Wildman–Crippen LogP) is 5.28. The van der Waals surface area contributed by atoms with Crippen LogP contribution in [0, 0.1) is 19.7 Å². The zero-order valence-corrected chi connectivity index (χ0v) is 37.2. The molecular formula is C48H59FN10O5. The van der Waals surface area contributed by atoms with E-state index in [0.29, 0.717) is 62.4 Å². The predicted molar refractivity (Wildman–Crippen MR) is 241 cm³/mol. The number of halogens is 1. The van der Waals surface area contributed by atoms with Crippen molar-refractivity contribution in [1.82, 2.24) is 50.2 Å². The Morgan fingerprint density at radius 3 is 2.22 bits per heavy atom. The summed E-state index contributed by atoms with van der Waals surface area (Å²) in [6.45, 7) is 16.3. The van der Waals surface area contributed by atoms with Crippen LogP contribution >= 0.6 is 0 Å². The van der Waals surface area contributed by atoms with E-state index in [9.17, 15) is 18.8 Å². The second-order valence-electron chi connectivity index (χ2n) is 17.6. The van der Waals surface area contributed by atoms with Gasteiger partial charge < -0.3 is 25.4 Å². The number of benzene rings is 2. The molecule has 0 unspecified atom stereocenters. The van der Waals surface area contributed by atoms with Gasteiger partial charge in [0.25, 0.3) is 11.8 Å². The van der Waals surface area contributed by atoms with Crippen molar-refractivity contribution in [2.24, 2.45) is 0 Å². The number of rotatable bonds is 14. The van der Waals surface area contributed by atoms with Crippen LogP contribution in [0.15, 0.2) is 67.0 Å². The van der Waals surface area contributed by atoms with Gasteiger partial charge in [-0.05, 0) is 99.9 Å². The Labute approximate surface area is 373 Å². The minimum atomic E-state index is -0.644. The Bertz CT molecular complexity index is 2450. The highest BCUT2D eigenvalue weighted by Crippen LogP contribution is 2.32. The van der Waals surface area contributed by atoms with Gasteiger partial charge in [-0.15, -0.1) is 0 Å². The van der Waals surface area contributed by atoms with E-state index in [2.05, 4.69) is 63.9 Å². The summed E-state index contributed by atoms with van der Waals surface area (Å²) >= 11 is 0. The molecule has 3 amide bonds. The summed E-state index contributed by atoms with van der Waals surface area (Å²) in [6, 6.07) is 17.3. The molecule has 0 radical (unpaired) electrons. The highest BCUT2D eigenvalue weighted by atomic mass is 19.1. The summed E-state index contributed by atoms with van der Waals surface area (Å²) in [7, 11) is 0. The lowest BCUT2D eigenvalue weighted by Crippen LogP contribution is -2.49. The van der Waals surface area contributed by atoms with E-state index in [0.717, 1.165) is 87.1 Å². The van der Waals surface area contributed by atoms with Crippen molar-refractivity contribution < 1.29 is 28.2 Å². The topological polar surface area (TPSA) is 159 Å². The SMILES string of the molecule is Cc1cc(C)n2ncc(C(=O)N[C@H]3CC[C@@H](NC(=O)c4cc(F)cnc4Oc4cccc(-c5ccc(CN6CCN(CC(=O)NC(C)C)CC6)cc5CN5CCOCC5)c4)CC3)c2n1. The monoisotopic (exact) mass is 874 g/mol. The number of piperazine rings is 1. The summed E-state index contributed by atoms with van der Waals surface area (Å²) in [5, 5.41) is 13.5. The van der Waals surface area contributed by atoms with E-state index in [-0.39, 0.29) is 41.4 Å². The van der Waals surface area contributed by atoms with Gasteiger partial charge in [-0.1, -0.05) is 30.3 Å². The number of nitrogens with zero attached hydrogens (tertiary/aromatic N) is 7. The molecule has 5 aromatic rings. The van der Waals surface area contributed by atoms with Crippen molar-refractivity contribution in [2.75, 3.05) is 59.0 Å². The van der Waals surface area contributed by atoms with Gasteiger partial charge in [-0.3, -0.25) is 29.1 Å². The van der Waals surface area contributed by atoms with Gasteiger partial charge in [0.15, 0.2) is 5.65 Å².